The molecule has 1 aliphatic heterocycles. The number of aliphatic hydroxyl groups is 1. The van der Waals surface area contributed by atoms with E-state index < -0.39 is 102 Å². The van der Waals surface area contributed by atoms with Crippen LogP contribution in [0.3, 0.4) is 0 Å². The fourth-order valence-corrected chi connectivity index (χ4v) is 4.74. The number of alkyl halides is 2. The number of carboxylic acids is 1. The number of aliphatic hydroxyl groups excluding tert-OH is 1. The van der Waals surface area contributed by atoms with Gasteiger partial charge in [-0.2, -0.15) is 0 Å². The molecule has 2 rings (SSSR count). The minimum absolute atomic E-state index is 0.00957. The summed E-state index contributed by atoms with van der Waals surface area (Å²) < 4.78 is 61.1. The van der Waals surface area contributed by atoms with E-state index >= 15 is 0 Å². The van der Waals surface area contributed by atoms with E-state index in [1.807, 2.05) is 13.8 Å². The van der Waals surface area contributed by atoms with Crippen molar-refractivity contribution in [1.82, 2.24) is 15.5 Å². The van der Waals surface area contributed by atoms with Crippen molar-refractivity contribution in [1.29, 1.82) is 0 Å². The summed E-state index contributed by atoms with van der Waals surface area (Å²) in [4.78, 5) is 51.2. The molecule has 43 heavy (non-hydrogen) atoms. The van der Waals surface area contributed by atoms with Crippen LogP contribution in [0.25, 0.3) is 0 Å². The normalized spacial score (nSPS) is 18.3. The first-order chi connectivity index (χ1) is 20.2. The second-order valence-electron chi connectivity index (χ2n) is 11.0. The zero-order valence-electron chi connectivity index (χ0n) is 24.7. The van der Waals surface area contributed by atoms with Gasteiger partial charge >= 0.3 is 5.97 Å². The molecule has 1 saturated heterocycles. The largest absolute Gasteiger partial charge is 0.478 e. The Labute approximate surface area is 248 Å². The lowest BCUT2D eigenvalue weighted by molar-refractivity contribution is -0.147. The maximum atomic E-state index is 14.2. The Balaban J connectivity index is 2.14. The molecule has 0 spiro atoms. The predicted octanol–water partition coefficient (Wildman–Crippen LogP) is 2.90. The molecule has 1 aromatic carbocycles. The minimum atomic E-state index is -3.00. The van der Waals surface area contributed by atoms with Crippen LogP contribution >= 0.6 is 0 Å². The van der Waals surface area contributed by atoms with E-state index in [-0.39, 0.29) is 18.9 Å². The number of halogens is 4. The summed E-state index contributed by atoms with van der Waals surface area (Å²) in [6.45, 7) is 7.23. The standard InChI is InChI=1S/C29H41F4N3O7/c1-5-16(6-2)14-43-18-11-23(36(13-18)28(40)25(37)15(3)4)27(39)35-22(12-24(32)33)26(38)34-8-7-19-20(30)9-17(29(41)42)10-21(19)31/h9-10,15-16,18,22-25,37H,5-8,11-14H2,1-4H3,(H,34,38)(H,35,39)(H,41,42)/t18-,22+,23+,25+/m1/s1. The molecule has 0 unspecified atom stereocenters. The highest BCUT2D eigenvalue weighted by molar-refractivity contribution is 5.93. The molecule has 0 bridgehead atoms. The zero-order valence-corrected chi connectivity index (χ0v) is 24.7. The van der Waals surface area contributed by atoms with E-state index in [0.29, 0.717) is 18.7 Å². The Morgan fingerprint density at radius 2 is 1.70 bits per heavy atom. The van der Waals surface area contributed by atoms with Gasteiger partial charge in [0.05, 0.1) is 11.7 Å². The van der Waals surface area contributed by atoms with Crippen LogP contribution in [0.4, 0.5) is 17.6 Å². The smallest absolute Gasteiger partial charge is 0.335 e. The molecular formula is C29H41F4N3O7. The first-order valence-electron chi connectivity index (χ1n) is 14.4. The fraction of sp³-hybridized carbons (Fsp3) is 0.655. The summed E-state index contributed by atoms with van der Waals surface area (Å²) in [7, 11) is 0. The van der Waals surface area contributed by atoms with E-state index in [2.05, 4.69) is 10.6 Å². The van der Waals surface area contributed by atoms with Crippen molar-refractivity contribution in [2.45, 2.75) is 90.5 Å². The summed E-state index contributed by atoms with van der Waals surface area (Å²) in [6, 6.07) is -1.70. The summed E-state index contributed by atoms with van der Waals surface area (Å²) in [5.74, 6) is -6.71. The highest BCUT2D eigenvalue weighted by Crippen LogP contribution is 2.25. The summed E-state index contributed by atoms with van der Waals surface area (Å²) in [5, 5.41) is 23.8. The lowest BCUT2D eigenvalue weighted by Gasteiger charge is -2.28. The van der Waals surface area contributed by atoms with Crippen LogP contribution in [0.15, 0.2) is 12.1 Å². The highest BCUT2D eigenvalue weighted by Gasteiger charge is 2.43. The minimum Gasteiger partial charge on any atom is -0.478 e. The number of nitrogens with one attached hydrogen (secondary N) is 2. The van der Waals surface area contributed by atoms with Gasteiger partial charge in [-0.25, -0.2) is 22.4 Å². The topological polar surface area (TPSA) is 145 Å². The van der Waals surface area contributed by atoms with Crippen LogP contribution in [-0.2, 0) is 25.5 Å². The molecule has 0 saturated carbocycles. The van der Waals surface area contributed by atoms with Crippen LogP contribution in [0.5, 0.6) is 0 Å². The van der Waals surface area contributed by atoms with Crippen LogP contribution in [0, 0.1) is 23.5 Å². The number of amides is 3. The van der Waals surface area contributed by atoms with Crippen molar-refractivity contribution in [3.05, 3.63) is 34.9 Å². The van der Waals surface area contributed by atoms with Gasteiger partial charge in [-0.15, -0.1) is 0 Å². The summed E-state index contributed by atoms with van der Waals surface area (Å²) in [6.07, 6.45) is -4.73. The average molecular weight is 620 g/mol. The molecule has 242 valence electrons. The fourth-order valence-electron chi connectivity index (χ4n) is 4.74. The molecule has 1 heterocycles. The lowest BCUT2D eigenvalue weighted by Crippen LogP contribution is -2.55. The van der Waals surface area contributed by atoms with Crippen LogP contribution in [-0.4, -0.2) is 89.2 Å². The molecule has 0 radical (unpaired) electrons. The van der Waals surface area contributed by atoms with Crippen molar-refractivity contribution >= 4 is 23.7 Å². The Hall–Kier alpha value is -3.26. The second-order valence-corrected chi connectivity index (χ2v) is 11.0. The van der Waals surface area contributed by atoms with E-state index in [9.17, 15) is 41.8 Å². The van der Waals surface area contributed by atoms with Crippen molar-refractivity contribution in [2.24, 2.45) is 11.8 Å². The van der Waals surface area contributed by atoms with Crippen LogP contribution in [0.1, 0.15) is 69.3 Å². The molecule has 1 aliphatic rings. The third kappa shape index (κ3) is 10.2. The Bertz CT molecular complexity index is 1110. The SMILES string of the molecule is CCC(CC)CO[C@@H]1C[C@@H](C(=O)N[C@@H](CC(F)F)C(=O)NCCc2c(F)cc(C(=O)O)cc2F)N(C(=O)[C@@H](O)C(C)C)C1. The molecule has 4 N–H and O–H groups in total. The van der Waals surface area contributed by atoms with Gasteiger partial charge in [0.15, 0.2) is 0 Å². The second kappa shape index (κ2) is 16.6. The third-order valence-corrected chi connectivity index (χ3v) is 7.56. The number of likely N-dealkylation sites (tertiary alicyclic amines) is 1. The van der Waals surface area contributed by atoms with Gasteiger partial charge in [0, 0.05) is 38.1 Å². The summed E-state index contributed by atoms with van der Waals surface area (Å²) in [5.41, 5.74) is -1.12. The lowest BCUT2D eigenvalue weighted by atomic mass is 10.0. The van der Waals surface area contributed by atoms with Gasteiger partial charge in [-0.1, -0.05) is 40.5 Å². The first kappa shape index (κ1) is 35.9. The van der Waals surface area contributed by atoms with Crippen molar-refractivity contribution in [2.75, 3.05) is 19.7 Å². The molecule has 14 heteroatoms. The van der Waals surface area contributed by atoms with E-state index in [4.69, 9.17) is 9.84 Å². The van der Waals surface area contributed by atoms with E-state index in [1.54, 1.807) is 13.8 Å². The number of carbonyl (C=O) groups excluding carboxylic acids is 3. The van der Waals surface area contributed by atoms with Crippen molar-refractivity contribution in [3.63, 3.8) is 0 Å². The maximum Gasteiger partial charge on any atom is 0.335 e. The van der Waals surface area contributed by atoms with Crippen LogP contribution in [0.2, 0.25) is 0 Å². The summed E-state index contributed by atoms with van der Waals surface area (Å²) >= 11 is 0. The number of carbonyl (C=O) groups is 4. The number of aromatic carboxylic acids is 1. The quantitative estimate of drug-likeness (QED) is 0.208. The number of rotatable bonds is 16. The molecule has 0 aliphatic carbocycles. The van der Waals surface area contributed by atoms with Gasteiger partial charge in [0.2, 0.25) is 18.2 Å². The molecule has 3 amide bonds. The highest BCUT2D eigenvalue weighted by atomic mass is 19.3. The van der Waals surface area contributed by atoms with Gasteiger partial charge in [0.25, 0.3) is 5.91 Å². The number of hydrogen-bond donors (Lipinski definition) is 4. The number of ether oxygens (including phenoxy) is 1. The van der Waals surface area contributed by atoms with Crippen molar-refractivity contribution < 1.29 is 51.7 Å². The monoisotopic (exact) mass is 619 g/mol. The molecule has 4 atom stereocenters. The predicted molar refractivity (Wildman–Crippen MR) is 147 cm³/mol. The maximum absolute atomic E-state index is 14.2. The van der Waals surface area contributed by atoms with Gasteiger partial charge in [-0.3, -0.25) is 14.4 Å². The first-order valence-corrected chi connectivity index (χ1v) is 14.4. The molecule has 1 aromatic rings. The van der Waals surface area contributed by atoms with Gasteiger partial charge < -0.3 is 30.5 Å². The zero-order chi connectivity index (χ0) is 32.4. The van der Waals surface area contributed by atoms with E-state index in [0.717, 1.165) is 17.7 Å². The Morgan fingerprint density at radius 1 is 1.09 bits per heavy atom. The number of benzene rings is 1. The Morgan fingerprint density at radius 3 is 2.21 bits per heavy atom. The van der Waals surface area contributed by atoms with Crippen LogP contribution < -0.4 is 10.6 Å². The molecule has 10 nitrogen and oxygen atoms in total. The number of hydrogen-bond acceptors (Lipinski definition) is 6. The third-order valence-electron chi connectivity index (χ3n) is 7.56. The number of carboxylic acid groups (broad SMARTS) is 1. The van der Waals surface area contributed by atoms with Gasteiger partial charge in [0.1, 0.15) is 29.8 Å². The molecular weight excluding hydrogens is 578 g/mol. The Kier molecular flexibility index (Phi) is 13.8. The molecule has 0 aromatic heterocycles. The molecule has 1 fully saturated rings. The average Bonchev–Trinajstić information content (AvgIpc) is 3.37. The van der Waals surface area contributed by atoms with Gasteiger partial charge in [-0.05, 0) is 30.4 Å². The number of nitrogens with zero attached hydrogens (tertiary/aromatic N) is 1. The van der Waals surface area contributed by atoms with Crippen molar-refractivity contribution in [3.8, 4) is 0 Å². The van der Waals surface area contributed by atoms with E-state index in [1.165, 1.54) is 0 Å².